The van der Waals surface area contributed by atoms with Crippen molar-refractivity contribution in [1.29, 1.82) is 5.26 Å². The van der Waals surface area contributed by atoms with Crippen molar-refractivity contribution in [1.82, 2.24) is 0 Å². The quantitative estimate of drug-likeness (QED) is 0.733. The van der Waals surface area contributed by atoms with Gasteiger partial charge in [-0.05, 0) is 31.0 Å². The normalized spacial score (nSPS) is 11.1. The van der Waals surface area contributed by atoms with E-state index in [1.165, 1.54) is 13.8 Å². The fourth-order valence-electron chi connectivity index (χ4n) is 1.15. The van der Waals surface area contributed by atoms with E-state index < -0.39 is 5.67 Å². The lowest BCUT2D eigenvalue weighted by atomic mass is 9.98. The van der Waals surface area contributed by atoms with E-state index >= 15 is 0 Å². The second kappa shape index (κ2) is 3.98. The molecule has 3 heteroatoms. The summed E-state index contributed by atoms with van der Waals surface area (Å²) in [7, 11) is 0. The van der Waals surface area contributed by atoms with Crippen LogP contribution in [0, 0.1) is 11.3 Å². The fraction of sp³-hybridized carbons (Fsp3) is 0.364. The highest BCUT2D eigenvalue weighted by Gasteiger charge is 2.19. The highest BCUT2D eigenvalue weighted by atomic mass is 35.5. The van der Waals surface area contributed by atoms with Gasteiger partial charge in [-0.25, -0.2) is 4.39 Å². The molecule has 0 aliphatic rings. The fourth-order valence-corrected chi connectivity index (χ4v) is 1.39. The molecule has 0 amide bonds. The molecule has 0 fully saturated rings. The largest absolute Gasteiger partial charge is 0.239 e. The van der Waals surface area contributed by atoms with Crippen molar-refractivity contribution in [3.63, 3.8) is 0 Å². The van der Waals surface area contributed by atoms with Gasteiger partial charge in [-0.2, -0.15) is 5.26 Å². The van der Waals surface area contributed by atoms with Crippen LogP contribution in [-0.4, -0.2) is 0 Å². The Labute approximate surface area is 88.1 Å². The number of alkyl halides is 1. The molecule has 14 heavy (non-hydrogen) atoms. The van der Waals surface area contributed by atoms with Crippen LogP contribution in [0.2, 0.25) is 5.02 Å². The van der Waals surface area contributed by atoms with Crippen molar-refractivity contribution >= 4 is 11.6 Å². The average molecular weight is 212 g/mol. The van der Waals surface area contributed by atoms with Gasteiger partial charge in [-0.3, -0.25) is 0 Å². The summed E-state index contributed by atoms with van der Waals surface area (Å²) in [5.74, 6) is 0. The smallest absolute Gasteiger partial charge is 0.130 e. The van der Waals surface area contributed by atoms with Crippen LogP contribution in [0.25, 0.3) is 0 Å². The average Bonchev–Trinajstić information content (AvgIpc) is 2.07. The number of nitrogens with zero attached hydrogens (tertiary/aromatic N) is 1. The minimum atomic E-state index is -1.39. The third-order valence-corrected chi connectivity index (χ3v) is 2.36. The monoisotopic (exact) mass is 211 g/mol. The van der Waals surface area contributed by atoms with Gasteiger partial charge in [0, 0.05) is 5.02 Å². The van der Waals surface area contributed by atoms with Crippen LogP contribution < -0.4 is 0 Å². The Kier molecular flexibility index (Phi) is 3.13. The molecule has 0 aliphatic carbocycles. The lowest BCUT2D eigenvalue weighted by Gasteiger charge is -2.15. The SMILES string of the molecule is CC(C)(F)c1ccc(CC#N)c(Cl)c1. The molecule has 0 N–H and O–H groups in total. The first-order valence-corrected chi connectivity index (χ1v) is 4.67. The number of hydrogen-bond acceptors (Lipinski definition) is 1. The van der Waals surface area contributed by atoms with Crippen molar-refractivity contribution in [2.24, 2.45) is 0 Å². The molecule has 0 unspecified atom stereocenters. The first kappa shape index (κ1) is 11.0. The third kappa shape index (κ3) is 2.46. The zero-order valence-corrected chi connectivity index (χ0v) is 8.90. The summed E-state index contributed by atoms with van der Waals surface area (Å²) in [5, 5.41) is 8.94. The molecule has 74 valence electrons. The van der Waals surface area contributed by atoms with E-state index in [0.29, 0.717) is 10.6 Å². The van der Waals surface area contributed by atoms with Gasteiger partial charge in [0.1, 0.15) is 5.67 Å². The van der Waals surface area contributed by atoms with E-state index in [1.807, 2.05) is 6.07 Å². The van der Waals surface area contributed by atoms with Gasteiger partial charge in [0.15, 0.2) is 0 Å². The maximum absolute atomic E-state index is 13.5. The summed E-state index contributed by atoms with van der Waals surface area (Å²) in [6, 6.07) is 6.94. The summed E-state index contributed by atoms with van der Waals surface area (Å²) in [4.78, 5) is 0. The van der Waals surface area contributed by atoms with Crippen molar-refractivity contribution in [2.45, 2.75) is 25.9 Å². The van der Waals surface area contributed by atoms with Crippen molar-refractivity contribution in [3.05, 3.63) is 34.3 Å². The Morgan fingerprint density at radius 2 is 2.14 bits per heavy atom. The van der Waals surface area contributed by atoms with Crippen LogP contribution >= 0.6 is 11.6 Å². The zero-order valence-electron chi connectivity index (χ0n) is 8.14. The van der Waals surface area contributed by atoms with Gasteiger partial charge in [0.25, 0.3) is 0 Å². The Balaban J connectivity index is 3.08. The Hall–Kier alpha value is -1.07. The number of halogens is 2. The van der Waals surface area contributed by atoms with E-state index in [9.17, 15) is 4.39 Å². The molecule has 0 saturated heterocycles. The van der Waals surface area contributed by atoms with Crippen molar-refractivity contribution < 1.29 is 4.39 Å². The maximum atomic E-state index is 13.5. The summed E-state index contributed by atoms with van der Waals surface area (Å²) >= 11 is 5.90. The Bertz CT molecular complexity index is 374. The summed E-state index contributed by atoms with van der Waals surface area (Å²) in [6.45, 7) is 2.95. The number of nitriles is 1. The van der Waals surface area contributed by atoms with Crippen molar-refractivity contribution in [3.8, 4) is 6.07 Å². The van der Waals surface area contributed by atoms with Crippen LogP contribution in [0.3, 0.4) is 0 Å². The molecule has 0 spiro atoms. The molecule has 0 aromatic heterocycles. The highest BCUT2D eigenvalue weighted by Crippen LogP contribution is 2.28. The minimum absolute atomic E-state index is 0.256. The van der Waals surface area contributed by atoms with Crippen LogP contribution in [0.5, 0.6) is 0 Å². The lowest BCUT2D eigenvalue weighted by Crippen LogP contribution is -2.08. The first-order valence-electron chi connectivity index (χ1n) is 4.30. The molecule has 1 nitrogen and oxygen atoms in total. The summed E-state index contributed by atoms with van der Waals surface area (Å²) in [5.41, 5.74) is -0.124. The first-order chi connectivity index (χ1) is 6.45. The Morgan fingerprint density at radius 3 is 2.57 bits per heavy atom. The Morgan fingerprint density at radius 1 is 1.50 bits per heavy atom. The van der Waals surface area contributed by atoms with Gasteiger partial charge >= 0.3 is 0 Å². The predicted molar refractivity (Wildman–Crippen MR) is 54.9 cm³/mol. The van der Waals surface area contributed by atoms with Gasteiger partial charge in [0.2, 0.25) is 0 Å². The van der Waals surface area contributed by atoms with Crippen LogP contribution in [0.4, 0.5) is 4.39 Å². The second-order valence-electron chi connectivity index (χ2n) is 3.61. The standard InChI is InChI=1S/C11H11ClFN/c1-11(2,13)9-4-3-8(5-6-14)10(12)7-9/h3-4,7H,5H2,1-2H3. The highest BCUT2D eigenvalue weighted by molar-refractivity contribution is 6.31. The van der Waals surface area contributed by atoms with Crippen LogP contribution in [0.1, 0.15) is 25.0 Å². The van der Waals surface area contributed by atoms with Gasteiger partial charge < -0.3 is 0 Å². The van der Waals surface area contributed by atoms with E-state index in [2.05, 4.69) is 0 Å². The van der Waals surface area contributed by atoms with Gasteiger partial charge in [-0.15, -0.1) is 0 Å². The maximum Gasteiger partial charge on any atom is 0.130 e. The van der Waals surface area contributed by atoms with Crippen LogP contribution in [0.15, 0.2) is 18.2 Å². The number of rotatable bonds is 2. The van der Waals surface area contributed by atoms with E-state index in [1.54, 1.807) is 18.2 Å². The van der Waals surface area contributed by atoms with Gasteiger partial charge in [-0.1, -0.05) is 23.7 Å². The van der Waals surface area contributed by atoms with E-state index in [0.717, 1.165) is 5.56 Å². The zero-order chi connectivity index (χ0) is 10.8. The third-order valence-electron chi connectivity index (χ3n) is 2.01. The van der Waals surface area contributed by atoms with Crippen molar-refractivity contribution in [2.75, 3.05) is 0 Å². The van der Waals surface area contributed by atoms with Crippen LogP contribution in [-0.2, 0) is 12.1 Å². The molecule has 1 aromatic rings. The minimum Gasteiger partial charge on any atom is -0.239 e. The van der Waals surface area contributed by atoms with E-state index in [-0.39, 0.29) is 6.42 Å². The number of hydrogen-bond donors (Lipinski definition) is 0. The molecule has 0 saturated carbocycles. The second-order valence-corrected chi connectivity index (χ2v) is 4.02. The molecule has 1 aromatic carbocycles. The summed E-state index contributed by atoms with van der Waals surface area (Å²) < 4.78 is 13.5. The molecule has 0 radical (unpaired) electrons. The van der Waals surface area contributed by atoms with Gasteiger partial charge in [0.05, 0.1) is 12.5 Å². The number of benzene rings is 1. The van der Waals surface area contributed by atoms with E-state index in [4.69, 9.17) is 16.9 Å². The molecular weight excluding hydrogens is 201 g/mol. The molecule has 0 bridgehead atoms. The molecule has 0 atom stereocenters. The molecular formula is C11H11ClFN. The molecule has 0 heterocycles. The molecule has 0 aliphatic heterocycles. The predicted octanol–water partition coefficient (Wildman–Crippen LogP) is 3.61. The molecule has 1 rings (SSSR count). The lowest BCUT2D eigenvalue weighted by molar-refractivity contribution is 0.221. The summed E-state index contributed by atoms with van der Waals surface area (Å²) in [6.07, 6.45) is 0.256. The topological polar surface area (TPSA) is 23.8 Å².